The Bertz CT molecular complexity index is 1020. The van der Waals surface area contributed by atoms with Gasteiger partial charge in [-0.1, -0.05) is 34.1 Å². The fourth-order valence-electron chi connectivity index (χ4n) is 3.18. The standard InChI is InChI=1S/C18H19BrN4O5S/c19-14-4-3-5-15(12-14)20-18(24)13-21-8-10-22(11-9-21)29(27,28)17-7-2-1-6-16(17)23(25)26/h1-7,12H,8-11,13H2,(H,20,24)/p+1. The molecule has 2 aromatic rings. The van der Waals surface area contributed by atoms with Gasteiger partial charge in [0.2, 0.25) is 10.0 Å². The van der Waals surface area contributed by atoms with Gasteiger partial charge in [0.15, 0.2) is 11.4 Å². The Morgan fingerprint density at radius 1 is 1.17 bits per heavy atom. The molecule has 1 heterocycles. The van der Waals surface area contributed by atoms with E-state index in [9.17, 15) is 23.3 Å². The molecule has 1 fully saturated rings. The van der Waals surface area contributed by atoms with Gasteiger partial charge in [-0.3, -0.25) is 14.9 Å². The van der Waals surface area contributed by atoms with Crippen LogP contribution in [0, 0.1) is 10.1 Å². The van der Waals surface area contributed by atoms with E-state index < -0.39 is 20.6 Å². The van der Waals surface area contributed by atoms with Crippen LogP contribution >= 0.6 is 15.9 Å². The van der Waals surface area contributed by atoms with Crippen molar-refractivity contribution in [3.8, 4) is 0 Å². The van der Waals surface area contributed by atoms with Crippen molar-refractivity contribution in [3.05, 3.63) is 63.1 Å². The minimum Gasteiger partial charge on any atom is -0.325 e. The number of carbonyl (C=O) groups excluding carboxylic acids is 1. The molecule has 29 heavy (non-hydrogen) atoms. The topological polar surface area (TPSA) is 114 Å². The second-order valence-electron chi connectivity index (χ2n) is 6.61. The highest BCUT2D eigenvalue weighted by Gasteiger charge is 2.35. The Hall–Kier alpha value is -2.34. The molecule has 11 heteroatoms. The van der Waals surface area contributed by atoms with Crippen molar-refractivity contribution in [1.82, 2.24) is 4.31 Å². The molecule has 1 saturated heterocycles. The molecule has 1 amide bonds. The molecule has 0 spiro atoms. The molecule has 0 bridgehead atoms. The van der Waals surface area contributed by atoms with Crippen molar-refractivity contribution in [2.75, 3.05) is 38.0 Å². The molecule has 0 aliphatic carbocycles. The number of hydrogen-bond acceptors (Lipinski definition) is 5. The predicted octanol–water partition coefficient (Wildman–Crippen LogP) is 0.885. The zero-order valence-electron chi connectivity index (χ0n) is 15.4. The zero-order chi connectivity index (χ0) is 21.0. The van der Waals surface area contributed by atoms with Crippen molar-refractivity contribution in [2.45, 2.75) is 4.90 Å². The van der Waals surface area contributed by atoms with Crippen molar-refractivity contribution >= 4 is 43.2 Å². The maximum absolute atomic E-state index is 12.8. The number of nitro groups is 1. The summed E-state index contributed by atoms with van der Waals surface area (Å²) in [5.74, 6) is -0.159. The van der Waals surface area contributed by atoms with Crippen molar-refractivity contribution < 1.29 is 23.0 Å². The van der Waals surface area contributed by atoms with Crippen LogP contribution in [0.5, 0.6) is 0 Å². The number of nitro benzene ring substituents is 1. The maximum Gasteiger partial charge on any atom is 0.289 e. The number of piperazine rings is 1. The van der Waals surface area contributed by atoms with Gasteiger partial charge in [-0.15, -0.1) is 0 Å². The fraction of sp³-hybridized carbons (Fsp3) is 0.278. The molecule has 2 N–H and O–H groups in total. The highest BCUT2D eigenvalue weighted by atomic mass is 79.9. The van der Waals surface area contributed by atoms with Crippen LogP contribution in [0.15, 0.2) is 57.9 Å². The lowest BCUT2D eigenvalue weighted by Gasteiger charge is -2.31. The molecule has 9 nitrogen and oxygen atoms in total. The summed E-state index contributed by atoms with van der Waals surface area (Å²) in [6.45, 7) is 1.46. The van der Waals surface area contributed by atoms with Crippen molar-refractivity contribution in [3.63, 3.8) is 0 Å². The van der Waals surface area contributed by atoms with E-state index in [0.29, 0.717) is 18.8 Å². The molecule has 1 aliphatic heterocycles. The summed E-state index contributed by atoms with van der Waals surface area (Å²) in [6.07, 6.45) is 0. The van der Waals surface area contributed by atoms with Gasteiger partial charge >= 0.3 is 0 Å². The van der Waals surface area contributed by atoms with E-state index in [1.165, 1.54) is 28.6 Å². The number of anilines is 1. The van der Waals surface area contributed by atoms with Gasteiger partial charge in [-0.2, -0.15) is 4.31 Å². The van der Waals surface area contributed by atoms with Crippen molar-refractivity contribution in [2.24, 2.45) is 0 Å². The lowest BCUT2D eigenvalue weighted by molar-refractivity contribution is -0.895. The van der Waals surface area contributed by atoms with Crippen LogP contribution < -0.4 is 10.2 Å². The second kappa shape index (κ2) is 8.99. The van der Waals surface area contributed by atoms with Gasteiger partial charge in [-0.05, 0) is 24.3 Å². The number of halogens is 1. The van der Waals surface area contributed by atoms with E-state index in [4.69, 9.17) is 0 Å². The summed E-state index contributed by atoms with van der Waals surface area (Å²) in [6, 6.07) is 12.6. The van der Waals surface area contributed by atoms with E-state index >= 15 is 0 Å². The molecule has 3 rings (SSSR count). The first kappa shape index (κ1) is 21.4. The molecule has 0 saturated carbocycles. The zero-order valence-corrected chi connectivity index (χ0v) is 17.8. The lowest BCUT2D eigenvalue weighted by Crippen LogP contribution is -3.15. The first-order chi connectivity index (χ1) is 13.8. The summed E-state index contributed by atoms with van der Waals surface area (Å²) in [4.78, 5) is 23.4. The van der Waals surface area contributed by atoms with Crippen molar-refractivity contribution in [1.29, 1.82) is 0 Å². The Labute approximate surface area is 176 Å². The smallest absolute Gasteiger partial charge is 0.289 e. The molecule has 2 aromatic carbocycles. The molecule has 0 radical (unpaired) electrons. The van der Waals surface area contributed by atoms with E-state index in [0.717, 1.165) is 9.37 Å². The first-order valence-electron chi connectivity index (χ1n) is 8.90. The Balaban J connectivity index is 1.60. The third-order valence-corrected chi connectivity index (χ3v) is 7.07. The van der Waals surface area contributed by atoms with Gasteiger partial charge < -0.3 is 10.2 Å². The maximum atomic E-state index is 12.8. The average molecular weight is 484 g/mol. The summed E-state index contributed by atoms with van der Waals surface area (Å²) in [5.41, 5.74) is 0.247. The average Bonchev–Trinajstić information content (AvgIpc) is 2.68. The van der Waals surface area contributed by atoms with E-state index in [1.54, 1.807) is 12.1 Å². The number of para-hydroxylation sites is 1. The van der Waals surface area contributed by atoms with Crippen LogP contribution in [-0.2, 0) is 14.8 Å². The lowest BCUT2D eigenvalue weighted by atomic mass is 10.3. The second-order valence-corrected chi connectivity index (χ2v) is 9.44. The highest BCUT2D eigenvalue weighted by molar-refractivity contribution is 9.10. The minimum absolute atomic E-state index is 0.159. The number of amides is 1. The number of benzene rings is 2. The summed E-state index contributed by atoms with van der Waals surface area (Å²) >= 11 is 3.35. The van der Waals surface area contributed by atoms with Crippen LogP contribution in [-0.4, -0.2) is 56.3 Å². The number of nitrogens with one attached hydrogen (secondary N) is 2. The number of hydrogen-bond donors (Lipinski definition) is 2. The van der Waals surface area contributed by atoms with Crippen LogP contribution in [0.25, 0.3) is 0 Å². The summed E-state index contributed by atoms with van der Waals surface area (Å²) in [7, 11) is -3.97. The summed E-state index contributed by atoms with van der Waals surface area (Å²) in [5, 5.41) is 14.0. The largest absolute Gasteiger partial charge is 0.325 e. The third kappa shape index (κ3) is 5.18. The minimum atomic E-state index is -3.97. The van der Waals surface area contributed by atoms with Gasteiger partial charge in [0.25, 0.3) is 11.6 Å². The molecule has 0 unspecified atom stereocenters. The molecular formula is C18H20BrN4O5S+. The van der Waals surface area contributed by atoms with Gasteiger partial charge in [0.05, 0.1) is 31.1 Å². The molecule has 0 aromatic heterocycles. The quantitative estimate of drug-likeness (QED) is 0.467. The van der Waals surface area contributed by atoms with Crippen LogP contribution in [0.4, 0.5) is 11.4 Å². The Kier molecular flexibility index (Phi) is 6.63. The number of rotatable bonds is 6. The number of carbonyl (C=O) groups is 1. The molecule has 0 atom stereocenters. The molecule has 1 aliphatic rings. The first-order valence-corrected chi connectivity index (χ1v) is 11.1. The van der Waals surface area contributed by atoms with Gasteiger partial charge in [-0.25, -0.2) is 8.42 Å². The molecule has 154 valence electrons. The Morgan fingerprint density at radius 3 is 2.52 bits per heavy atom. The number of sulfonamides is 1. The highest BCUT2D eigenvalue weighted by Crippen LogP contribution is 2.26. The van der Waals surface area contributed by atoms with Gasteiger partial charge in [0, 0.05) is 16.2 Å². The molecular weight excluding hydrogens is 464 g/mol. The van der Waals surface area contributed by atoms with Gasteiger partial charge in [0.1, 0.15) is 0 Å². The number of nitrogens with zero attached hydrogens (tertiary/aromatic N) is 2. The van der Waals surface area contributed by atoms with Crippen LogP contribution in [0.2, 0.25) is 0 Å². The van der Waals surface area contributed by atoms with E-state index in [1.807, 2.05) is 12.1 Å². The van der Waals surface area contributed by atoms with Crippen LogP contribution in [0.1, 0.15) is 0 Å². The SMILES string of the molecule is O=C(C[NH+]1CCN(S(=O)(=O)c2ccccc2[N+](=O)[O-])CC1)Nc1cccc(Br)c1. The third-order valence-electron chi connectivity index (χ3n) is 4.63. The number of quaternary nitrogens is 1. The summed E-state index contributed by atoms with van der Waals surface area (Å²) < 4.78 is 27.8. The van der Waals surface area contributed by atoms with Crippen LogP contribution in [0.3, 0.4) is 0 Å². The van der Waals surface area contributed by atoms with E-state index in [-0.39, 0.29) is 30.4 Å². The van der Waals surface area contributed by atoms with E-state index in [2.05, 4.69) is 21.2 Å². The fourth-order valence-corrected chi connectivity index (χ4v) is 5.18. The predicted molar refractivity (Wildman–Crippen MR) is 110 cm³/mol. The normalized spacial score (nSPS) is 15.8. The Morgan fingerprint density at radius 2 is 1.86 bits per heavy atom. The monoisotopic (exact) mass is 483 g/mol.